The molecule has 10 heteroatoms. The number of rotatable bonds is 6. The first-order valence-corrected chi connectivity index (χ1v) is 14.3. The first-order valence-electron chi connectivity index (χ1n) is 13.5. The lowest BCUT2D eigenvalue weighted by Crippen LogP contribution is -2.54. The van der Waals surface area contributed by atoms with Crippen LogP contribution < -0.4 is 9.64 Å². The number of hydrogen-bond acceptors (Lipinski definition) is 7. The van der Waals surface area contributed by atoms with Crippen LogP contribution in [0.4, 0.5) is 10.1 Å². The summed E-state index contributed by atoms with van der Waals surface area (Å²) in [6.07, 6.45) is -0.0952. The average Bonchev–Trinajstić information content (AvgIpc) is 3.02. The van der Waals surface area contributed by atoms with Gasteiger partial charge in [-0.05, 0) is 59.7 Å². The Labute approximate surface area is 253 Å². The van der Waals surface area contributed by atoms with Crippen molar-refractivity contribution in [2.75, 3.05) is 31.2 Å². The van der Waals surface area contributed by atoms with Gasteiger partial charge in [0.1, 0.15) is 23.0 Å². The molecule has 4 aromatic rings. The van der Waals surface area contributed by atoms with Gasteiger partial charge < -0.3 is 14.4 Å². The van der Waals surface area contributed by atoms with Crippen molar-refractivity contribution < 1.29 is 23.5 Å². The van der Waals surface area contributed by atoms with Crippen LogP contribution in [0.25, 0.3) is 0 Å². The molecule has 42 heavy (non-hydrogen) atoms. The number of anilines is 1. The number of carbonyl (C=O) groups excluding carboxylic acids is 2. The molecule has 214 valence electrons. The van der Waals surface area contributed by atoms with Crippen molar-refractivity contribution in [1.82, 2.24) is 9.29 Å². The molecule has 0 spiro atoms. The molecule has 2 atom stereocenters. The molecular weight excluding hydrogens is 577 g/mol. The first-order chi connectivity index (χ1) is 20.4. The van der Waals surface area contributed by atoms with Gasteiger partial charge in [0.25, 0.3) is 0 Å². The topological polar surface area (TPSA) is 72.0 Å². The molecule has 6 rings (SSSR count). The summed E-state index contributed by atoms with van der Waals surface area (Å²) >= 11 is 11.2. The van der Waals surface area contributed by atoms with Gasteiger partial charge in [0.15, 0.2) is 5.78 Å². The number of ether oxygens (including phenoxy) is 2. The second kappa shape index (κ2) is 11.8. The van der Waals surface area contributed by atoms with Gasteiger partial charge in [0, 0.05) is 36.3 Å². The van der Waals surface area contributed by atoms with Crippen LogP contribution in [0.5, 0.6) is 11.6 Å². The molecule has 2 saturated heterocycles. The molecule has 1 unspecified atom stereocenters. The van der Waals surface area contributed by atoms with E-state index in [1.807, 2.05) is 24.3 Å². The summed E-state index contributed by atoms with van der Waals surface area (Å²) in [6, 6.07) is 25.3. The van der Waals surface area contributed by atoms with Crippen LogP contribution in [0, 0.1) is 5.82 Å². The molecule has 0 saturated carbocycles. The van der Waals surface area contributed by atoms with Crippen molar-refractivity contribution in [3.63, 3.8) is 0 Å². The van der Waals surface area contributed by atoms with E-state index < -0.39 is 17.4 Å². The molecule has 2 fully saturated rings. The zero-order valence-corrected chi connectivity index (χ0v) is 24.1. The normalized spacial score (nSPS) is 21.0. The number of amides is 1. The maximum atomic E-state index is 14.0. The average molecular weight is 604 g/mol. The van der Waals surface area contributed by atoms with Gasteiger partial charge in [-0.3, -0.25) is 13.9 Å². The molecule has 0 aliphatic carbocycles. The Morgan fingerprint density at radius 1 is 0.929 bits per heavy atom. The van der Waals surface area contributed by atoms with Crippen molar-refractivity contribution in [1.29, 1.82) is 0 Å². The van der Waals surface area contributed by atoms with Gasteiger partial charge in [-0.1, -0.05) is 60.8 Å². The second-order valence-corrected chi connectivity index (χ2v) is 11.0. The minimum Gasteiger partial charge on any atom is -0.439 e. The molecule has 7 nitrogen and oxygen atoms in total. The fourth-order valence-electron chi connectivity index (χ4n) is 5.56. The maximum Gasteiger partial charge on any atom is 0.248 e. The van der Waals surface area contributed by atoms with E-state index in [4.69, 9.17) is 38.9 Å². The van der Waals surface area contributed by atoms with Crippen molar-refractivity contribution in [3.8, 4) is 11.6 Å². The predicted molar refractivity (Wildman–Crippen MR) is 161 cm³/mol. The molecule has 3 heterocycles. The molecule has 1 aromatic heterocycles. The molecule has 2 aliphatic rings. The Balaban J connectivity index is 1.43. The van der Waals surface area contributed by atoms with Crippen LogP contribution in [-0.4, -0.2) is 47.3 Å². The zero-order valence-electron chi connectivity index (χ0n) is 22.5. The third-order valence-electron chi connectivity index (χ3n) is 7.69. The molecule has 0 bridgehead atoms. The summed E-state index contributed by atoms with van der Waals surface area (Å²) < 4.78 is 26.1. The zero-order chi connectivity index (χ0) is 29.3. The van der Waals surface area contributed by atoms with Gasteiger partial charge in [-0.2, -0.15) is 0 Å². The van der Waals surface area contributed by atoms with Crippen LogP contribution in [0.1, 0.15) is 29.2 Å². The minimum atomic E-state index is -1.35. The van der Waals surface area contributed by atoms with Crippen molar-refractivity contribution >= 4 is 41.8 Å². The number of benzene rings is 3. The van der Waals surface area contributed by atoms with E-state index in [2.05, 4.69) is 4.90 Å². The summed E-state index contributed by atoms with van der Waals surface area (Å²) in [5.74, 6) is -1.69. The molecular formula is C32H27ClFN3O4S. The van der Waals surface area contributed by atoms with E-state index in [1.165, 1.54) is 28.6 Å². The number of halogens is 2. The standard InChI is InChI=1S/C32H27ClFN3O4S/c33-26-5-2-1-4-25(26)30-27(38)20-32(37(42)31(30)39,21-8-12-23(13-9-21)36-16-18-40-19-17-36)28-6-3-7-29(35-28)41-24-14-10-22(34)11-15-24/h1-15,30,42H,16-20H2/t30?,32-/m0/s1. The summed E-state index contributed by atoms with van der Waals surface area (Å²) in [5, 5.41) is 0.334. The van der Waals surface area contributed by atoms with Gasteiger partial charge in [0.05, 0.1) is 18.9 Å². The Bertz CT molecular complexity index is 1620. The molecule has 0 radical (unpaired) electrons. The number of Topliss-reactive ketones (excluding diaryl/α,β-unsaturated/α-hetero) is 1. The van der Waals surface area contributed by atoms with Crippen molar-refractivity contribution in [2.24, 2.45) is 0 Å². The highest BCUT2D eigenvalue weighted by Gasteiger charge is 2.53. The number of piperidine rings is 1. The Morgan fingerprint density at radius 3 is 2.36 bits per heavy atom. The van der Waals surface area contributed by atoms with Crippen molar-refractivity contribution in [2.45, 2.75) is 17.9 Å². The monoisotopic (exact) mass is 603 g/mol. The third-order valence-corrected chi connectivity index (χ3v) is 8.57. The Morgan fingerprint density at radius 2 is 1.64 bits per heavy atom. The van der Waals surface area contributed by atoms with Gasteiger partial charge in [-0.25, -0.2) is 9.37 Å². The Kier molecular flexibility index (Phi) is 7.90. The number of pyridine rings is 1. The van der Waals surface area contributed by atoms with E-state index in [-0.39, 0.29) is 23.9 Å². The van der Waals surface area contributed by atoms with Crippen LogP contribution in [0.2, 0.25) is 5.02 Å². The summed E-state index contributed by atoms with van der Waals surface area (Å²) in [5.41, 5.74) is 1.16. The van der Waals surface area contributed by atoms with E-state index >= 15 is 0 Å². The van der Waals surface area contributed by atoms with Crippen LogP contribution in [0.3, 0.4) is 0 Å². The number of carbonyl (C=O) groups is 2. The lowest BCUT2D eigenvalue weighted by atomic mass is 9.74. The number of ketones is 1. The van der Waals surface area contributed by atoms with Crippen LogP contribution in [0.15, 0.2) is 91.0 Å². The molecule has 0 N–H and O–H groups in total. The molecule has 2 aliphatic heterocycles. The van der Waals surface area contributed by atoms with E-state index in [1.54, 1.807) is 42.5 Å². The largest absolute Gasteiger partial charge is 0.439 e. The highest BCUT2D eigenvalue weighted by Crippen LogP contribution is 2.48. The lowest BCUT2D eigenvalue weighted by molar-refractivity contribution is -0.142. The highest BCUT2D eigenvalue weighted by atomic mass is 35.5. The molecule has 1 amide bonds. The number of hydrogen-bond donors (Lipinski definition) is 1. The maximum absolute atomic E-state index is 14.0. The second-order valence-electron chi connectivity index (χ2n) is 10.2. The number of thiol groups is 1. The fourth-order valence-corrected chi connectivity index (χ4v) is 6.21. The van der Waals surface area contributed by atoms with Crippen molar-refractivity contribution in [3.05, 3.63) is 119 Å². The summed E-state index contributed by atoms with van der Waals surface area (Å²) in [7, 11) is 0. The lowest BCUT2D eigenvalue weighted by Gasteiger charge is -2.45. The molecule has 3 aromatic carbocycles. The first kappa shape index (κ1) is 28.2. The number of morpholine rings is 1. The van der Waals surface area contributed by atoms with Gasteiger partial charge in [0.2, 0.25) is 11.8 Å². The smallest absolute Gasteiger partial charge is 0.248 e. The third kappa shape index (κ3) is 5.24. The SMILES string of the molecule is O=C1C[C@](c2ccc(N3CCOCC3)cc2)(c2cccc(Oc3ccc(F)cc3)n2)N(S)C(=O)C1c1ccccc1Cl. The fraction of sp³-hybridized carbons (Fsp3) is 0.219. The number of aromatic nitrogens is 1. The van der Waals surface area contributed by atoms with E-state index in [0.717, 1.165) is 18.8 Å². The highest BCUT2D eigenvalue weighted by molar-refractivity contribution is 7.78. The number of nitrogens with zero attached hydrogens (tertiary/aromatic N) is 3. The minimum absolute atomic E-state index is 0.0952. The summed E-state index contributed by atoms with van der Waals surface area (Å²) in [4.78, 5) is 34.9. The quantitative estimate of drug-likeness (QED) is 0.210. The van der Waals surface area contributed by atoms with E-state index in [0.29, 0.717) is 40.8 Å². The van der Waals surface area contributed by atoms with Gasteiger partial charge in [-0.15, -0.1) is 0 Å². The Hall–Kier alpha value is -3.92. The van der Waals surface area contributed by atoms with Crippen LogP contribution >= 0.6 is 24.4 Å². The predicted octanol–water partition coefficient (Wildman–Crippen LogP) is 6.18. The van der Waals surface area contributed by atoms with Gasteiger partial charge >= 0.3 is 0 Å². The summed E-state index contributed by atoms with van der Waals surface area (Å²) in [6.45, 7) is 2.83. The van der Waals surface area contributed by atoms with Crippen LogP contribution in [-0.2, 0) is 19.9 Å². The van der Waals surface area contributed by atoms with E-state index in [9.17, 15) is 14.0 Å².